The highest BCUT2D eigenvalue weighted by molar-refractivity contribution is 6.30. The minimum Gasteiger partial charge on any atom is -0.362 e. The van der Waals surface area contributed by atoms with Gasteiger partial charge in [0.1, 0.15) is 5.69 Å². The van der Waals surface area contributed by atoms with Crippen molar-refractivity contribution in [3.63, 3.8) is 0 Å². The molecule has 0 radical (unpaired) electrons. The van der Waals surface area contributed by atoms with Gasteiger partial charge in [-0.3, -0.25) is 19.7 Å². The minimum atomic E-state index is -0.480. The molecule has 8 nitrogen and oxygen atoms in total. The van der Waals surface area contributed by atoms with Crippen molar-refractivity contribution in [2.45, 2.75) is 19.9 Å². The maximum atomic E-state index is 12.7. The van der Waals surface area contributed by atoms with E-state index in [-0.39, 0.29) is 23.2 Å². The van der Waals surface area contributed by atoms with Gasteiger partial charge in [0.15, 0.2) is 0 Å². The summed E-state index contributed by atoms with van der Waals surface area (Å²) in [5, 5.41) is 15.1. The Morgan fingerprint density at radius 3 is 2.30 bits per heavy atom. The summed E-state index contributed by atoms with van der Waals surface area (Å²) in [6.45, 7) is 5.36. The van der Waals surface area contributed by atoms with Gasteiger partial charge in [0, 0.05) is 49.8 Å². The zero-order chi connectivity index (χ0) is 21.8. The molecule has 9 heteroatoms. The lowest BCUT2D eigenvalue weighted by Crippen LogP contribution is -2.48. The smallest absolute Gasteiger partial charge is 0.293 e. The van der Waals surface area contributed by atoms with Crippen LogP contribution in [-0.2, 0) is 4.79 Å². The number of rotatable bonds is 5. The Bertz CT molecular complexity index is 956. The predicted octanol–water partition coefficient (Wildman–Crippen LogP) is 3.41. The molecule has 0 bridgehead atoms. The number of benzene rings is 2. The van der Waals surface area contributed by atoms with Crippen molar-refractivity contribution >= 4 is 34.8 Å². The van der Waals surface area contributed by atoms with Crippen LogP contribution >= 0.6 is 11.6 Å². The van der Waals surface area contributed by atoms with E-state index in [1.807, 2.05) is 24.0 Å². The highest BCUT2D eigenvalue weighted by Gasteiger charge is 2.26. The Morgan fingerprint density at radius 1 is 1.10 bits per heavy atom. The third kappa shape index (κ3) is 4.88. The second-order valence-electron chi connectivity index (χ2n) is 7.20. The van der Waals surface area contributed by atoms with E-state index < -0.39 is 10.8 Å². The molecule has 1 saturated heterocycles. The normalized spacial score (nSPS) is 14.9. The molecular weight excluding hydrogens is 408 g/mol. The summed E-state index contributed by atoms with van der Waals surface area (Å²) in [5.74, 6) is -0.403. The van der Waals surface area contributed by atoms with E-state index in [0.29, 0.717) is 36.9 Å². The zero-order valence-electron chi connectivity index (χ0n) is 16.8. The summed E-state index contributed by atoms with van der Waals surface area (Å²) >= 11 is 5.89. The number of nitro groups is 1. The highest BCUT2D eigenvalue weighted by Crippen LogP contribution is 2.30. The van der Waals surface area contributed by atoms with E-state index in [0.717, 1.165) is 5.56 Å². The number of nitro benzene ring substituents is 1. The van der Waals surface area contributed by atoms with Crippen molar-refractivity contribution < 1.29 is 14.5 Å². The van der Waals surface area contributed by atoms with Gasteiger partial charge in [-0.2, -0.15) is 0 Å². The molecule has 1 atom stereocenters. The van der Waals surface area contributed by atoms with Crippen molar-refractivity contribution in [1.82, 2.24) is 10.2 Å². The number of amides is 2. The summed E-state index contributed by atoms with van der Waals surface area (Å²) < 4.78 is 0. The Hall–Kier alpha value is -3.13. The minimum absolute atomic E-state index is 0.00836. The Morgan fingerprint density at radius 2 is 1.73 bits per heavy atom. The van der Waals surface area contributed by atoms with Gasteiger partial charge in [-0.05, 0) is 36.8 Å². The molecule has 1 N–H and O–H groups in total. The van der Waals surface area contributed by atoms with E-state index in [9.17, 15) is 19.7 Å². The average Bonchev–Trinajstić information content (AvgIpc) is 2.73. The fraction of sp³-hybridized carbons (Fsp3) is 0.333. The molecule has 30 heavy (non-hydrogen) atoms. The van der Waals surface area contributed by atoms with Crippen LogP contribution in [0, 0.1) is 10.1 Å². The van der Waals surface area contributed by atoms with Gasteiger partial charge in [0.05, 0.1) is 11.0 Å². The third-order valence-electron chi connectivity index (χ3n) is 5.22. The second-order valence-corrected chi connectivity index (χ2v) is 7.64. The highest BCUT2D eigenvalue weighted by atomic mass is 35.5. The monoisotopic (exact) mass is 430 g/mol. The van der Waals surface area contributed by atoms with Crippen LogP contribution in [0.1, 0.15) is 35.8 Å². The van der Waals surface area contributed by atoms with E-state index in [1.165, 1.54) is 13.0 Å². The van der Waals surface area contributed by atoms with Gasteiger partial charge >= 0.3 is 0 Å². The summed E-state index contributed by atoms with van der Waals surface area (Å²) in [4.78, 5) is 38.9. The zero-order valence-corrected chi connectivity index (χ0v) is 17.6. The maximum absolute atomic E-state index is 12.7. The van der Waals surface area contributed by atoms with Crippen LogP contribution in [0.5, 0.6) is 0 Å². The lowest BCUT2D eigenvalue weighted by molar-refractivity contribution is -0.384. The van der Waals surface area contributed by atoms with E-state index in [1.54, 1.807) is 29.2 Å². The van der Waals surface area contributed by atoms with Gasteiger partial charge in [-0.1, -0.05) is 23.7 Å². The SMILES string of the molecule is CC(=O)N1CCN(c2ccc(C(=O)N[C@H](C)c3ccc(Cl)cc3)cc2[N+](=O)[O-])CC1. The Labute approximate surface area is 179 Å². The number of hydrogen-bond donors (Lipinski definition) is 1. The topological polar surface area (TPSA) is 95.8 Å². The molecule has 1 aliphatic rings. The molecule has 0 saturated carbocycles. The van der Waals surface area contributed by atoms with Crippen molar-refractivity contribution in [3.05, 3.63) is 68.7 Å². The van der Waals surface area contributed by atoms with E-state index in [4.69, 9.17) is 11.6 Å². The molecular formula is C21H23ClN4O4. The van der Waals surface area contributed by atoms with Crippen LogP contribution in [-0.4, -0.2) is 47.8 Å². The predicted molar refractivity (Wildman–Crippen MR) is 115 cm³/mol. The van der Waals surface area contributed by atoms with Gasteiger partial charge in [0.25, 0.3) is 11.6 Å². The largest absolute Gasteiger partial charge is 0.362 e. The van der Waals surface area contributed by atoms with Crippen molar-refractivity contribution in [2.24, 2.45) is 0 Å². The fourth-order valence-corrected chi connectivity index (χ4v) is 3.58. The number of anilines is 1. The van der Waals surface area contributed by atoms with Gasteiger partial charge < -0.3 is 15.1 Å². The molecule has 0 spiro atoms. The first kappa shape index (κ1) is 21.6. The Kier molecular flexibility index (Phi) is 6.56. The molecule has 0 aliphatic carbocycles. The van der Waals surface area contributed by atoms with Crippen LogP contribution in [0.25, 0.3) is 0 Å². The van der Waals surface area contributed by atoms with Crippen LogP contribution in [0.15, 0.2) is 42.5 Å². The van der Waals surface area contributed by atoms with Crippen molar-refractivity contribution in [1.29, 1.82) is 0 Å². The third-order valence-corrected chi connectivity index (χ3v) is 5.47. The fourth-order valence-electron chi connectivity index (χ4n) is 3.46. The molecule has 2 aromatic carbocycles. The van der Waals surface area contributed by atoms with Crippen LogP contribution in [0.3, 0.4) is 0 Å². The Balaban J connectivity index is 1.76. The first-order chi connectivity index (χ1) is 14.3. The second kappa shape index (κ2) is 9.13. The molecule has 2 amide bonds. The number of nitrogens with zero attached hydrogens (tertiary/aromatic N) is 3. The van der Waals surface area contributed by atoms with E-state index in [2.05, 4.69) is 5.32 Å². The van der Waals surface area contributed by atoms with Gasteiger partial charge in [0.2, 0.25) is 5.91 Å². The number of carbonyl (C=O) groups excluding carboxylic acids is 2. The molecule has 1 heterocycles. The van der Waals surface area contributed by atoms with Gasteiger partial charge in [-0.15, -0.1) is 0 Å². The lowest BCUT2D eigenvalue weighted by Gasteiger charge is -2.35. The first-order valence-electron chi connectivity index (χ1n) is 9.61. The summed E-state index contributed by atoms with van der Waals surface area (Å²) in [6.07, 6.45) is 0. The lowest BCUT2D eigenvalue weighted by atomic mass is 10.1. The molecule has 3 rings (SSSR count). The number of hydrogen-bond acceptors (Lipinski definition) is 5. The first-order valence-corrected chi connectivity index (χ1v) is 9.99. The number of halogens is 1. The quantitative estimate of drug-likeness (QED) is 0.579. The van der Waals surface area contributed by atoms with E-state index >= 15 is 0 Å². The number of piperazine rings is 1. The molecule has 2 aromatic rings. The summed E-state index contributed by atoms with van der Waals surface area (Å²) in [6, 6.07) is 11.3. The van der Waals surface area contributed by atoms with Crippen LogP contribution in [0.2, 0.25) is 5.02 Å². The average molecular weight is 431 g/mol. The number of nitrogens with one attached hydrogen (secondary N) is 1. The summed E-state index contributed by atoms with van der Waals surface area (Å²) in [7, 11) is 0. The van der Waals surface area contributed by atoms with Crippen LogP contribution in [0.4, 0.5) is 11.4 Å². The molecule has 158 valence electrons. The molecule has 1 aliphatic heterocycles. The van der Waals surface area contributed by atoms with Crippen molar-refractivity contribution in [2.75, 3.05) is 31.1 Å². The van der Waals surface area contributed by atoms with Gasteiger partial charge in [-0.25, -0.2) is 0 Å². The molecule has 0 aromatic heterocycles. The molecule has 1 fully saturated rings. The van der Waals surface area contributed by atoms with Crippen LogP contribution < -0.4 is 10.2 Å². The maximum Gasteiger partial charge on any atom is 0.293 e. The standard InChI is InChI=1S/C21H23ClN4O4/c1-14(16-3-6-18(22)7-4-16)23-21(28)17-5-8-19(20(13-17)26(29)30)25-11-9-24(10-12-25)15(2)27/h3-8,13-14H,9-12H2,1-2H3,(H,23,28)/t14-/m1/s1. The summed E-state index contributed by atoms with van der Waals surface area (Å²) in [5.41, 5.74) is 1.42. The number of carbonyl (C=O) groups is 2. The van der Waals surface area contributed by atoms with Crippen molar-refractivity contribution in [3.8, 4) is 0 Å². The molecule has 0 unspecified atom stereocenters.